The van der Waals surface area contributed by atoms with Crippen LogP contribution in [0.4, 0.5) is 0 Å². The van der Waals surface area contributed by atoms with Crippen molar-refractivity contribution in [2.24, 2.45) is 0 Å². The van der Waals surface area contributed by atoms with Gasteiger partial charge in [-0.1, -0.05) is 0 Å². The minimum Gasteiger partial charge on any atom is -2.00 e. The zero-order valence-electron chi connectivity index (χ0n) is 2.02. The van der Waals surface area contributed by atoms with E-state index in [0.717, 1.165) is 0 Å². The van der Waals surface area contributed by atoms with Crippen LogP contribution in [0.15, 0.2) is 0 Å². The molecule has 0 aliphatic rings. The largest absolute Gasteiger partial charge is 3.00 e. The first kappa shape index (κ1) is 38.9. The van der Waals surface area contributed by atoms with Crippen LogP contribution in [-0.2, 0) is 30.4 Å². The fourth-order valence-electron chi connectivity index (χ4n) is 0. The summed E-state index contributed by atoms with van der Waals surface area (Å²) in [4.78, 5) is 0. The molecule has 0 rings (SSSR count). The molecule has 0 N–H and O–H groups in total. The molecule has 0 aromatic carbocycles. The molecule has 0 amide bonds. The van der Waals surface area contributed by atoms with E-state index in [1.165, 1.54) is 0 Å². The van der Waals surface area contributed by atoms with Crippen molar-refractivity contribution in [1.29, 1.82) is 0 Å². The molecule has 0 unspecified atom stereocenters. The van der Waals surface area contributed by atoms with E-state index < -0.39 is 0 Å². The molecule has 17 valence electrons. The van der Waals surface area contributed by atoms with E-state index in [-0.39, 0.29) is 72.2 Å². The molecular formula is CeO2Zn+. The molecule has 0 fully saturated rings. The Balaban J connectivity index is 0. The number of hydrogen-bond acceptors (Lipinski definition) is 0. The summed E-state index contributed by atoms with van der Waals surface area (Å²) >= 11 is 0. The van der Waals surface area contributed by atoms with Crippen molar-refractivity contribution in [3.8, 4) is 0 Å². The van der Waals surface area contributed by atoms with Crippen molar-refractivity contribution >= 4 is 0 Å². The molecule has 0 atom stereocenters. The predicted molar refractivity (Wildman–Crippen MR) is 1.37 cm³/mol. The molecule has 0 saturated heterocycles. The van der Waals surface area contributed by atoms with E-state index in [0.29, 0.717) is 0 Å². The van der Waals surface area contributed by atoms with Crippen molar-refractivity contribution in [1.82, 2.24) is 0 Å². The zero-order chi connectivity index (χ0) is 0. The third-order valence-electron chi connectivity index (χ3n) is 0. The molecule has 0 bridgehead atoms. The molecule has 4 heavy (non-hydrogen) atoms. The van der Waals surface area contributed by atoms with Gasteiger partial charge in [0.2, 0.25) is 0 Å². The monoisotopic (exact) mass is 236 g/mol. The molecule has 4 heteroatoms. The van der Waals surface area contributed by atoms with Gasteiger partial charge in [0.25, 0.3) is 0 Å². The minimum absolute atomic E-state index is 0. The molecule has 0 heterocycles. The van der Waals surface area contributed by atoms with Gasteiger partial charge in [0.15, 0.2) is 0 Å². The minimum atomic E-state index is 0. The first-order valence-electron chi connectivity index (χ1n) is 0. The van der Waals surface area contributed by atoms with E-state index in [1.54, 1.807) is 0 Å². The van der Waals surface area contributed by atoms with Gasteiger partial charge < -0.3 is 11.0 Å². The summed E-state index contributed by atoms with van der Waals surface area (Å²) in [5.74, 6) is 0. The van der Waals surface area contributed by atoms with Crippen molar-refractivity contribution in [3.63, 3.8) is 0 Å². The predicted octanol–water partition coefficient (Wildman–Crippen LogP) is -0.240. The molecular weight excluding hydrogens is 238 g/mol. The van der Waals surface area contributed by atoms with E-state index >= 15 is 0 Å². The average Bonchev–Trinajstić information content (AvgIpc) is 0. The topological polar surface area (TPSA) is 57.0 Å². The van der Waals surface area contributed by atoms with Crippen LogP contribution >= 0.6 is 0 Å². The van der Waals surface area contributed by atoms with Gasteiger partial charge in [0.1, 0.15) is 0 Å². The Bertz CT molecular complexity index is 6.00. The van der Waals surface area contributed by atoms with Gasteiger partial charge in [-0.15, -0.1) is 0 Å². The molecule has 0 spiro atoms. The molecule has 0 aliphatic carbocycles. The Morgan fingerprint density at radius 3 is 0.750 bits per heavy atom. The molecule has 1 radical (unpaired) electrons. The second-order valence-electron chi connectivity index (χ2n) is 0. The van der Waals surface area contributed by atoms with Gasteiger partial charge in [0.05, 0.1) is 0 Å². The molecule has 0 saturated carbocycles. The van der Waals surface area contributed by atoms with Gasteiger partial charge in [-0.2, -0.15) is 0 Å². The maximum Gasteiger partial charge on any atom is 3.00 e. The van der Waals surface area contributed by atoms with Crippen LogP contribution in [0.1, 0.15) is 0 Å². The summed E-state index contributed by atoms with van der Waals surface area (Å²) < 4.78 is 0. The first-order chi connectivity index (χ1) is 0. The second kappa shape index (κ2) is 20.5. The molecule has 0 aromatic rings. The third kappa shape index (κ3) is 9.07. The van der Waals surface area contributed by atoms with Crippen LogP contribution in [0.2, 0.25) is 0 Å². The number of hydrogen-bond donors (Lipinski definition) is 0. The fraction of sp³-hybridized carbons (Fsp3) is 0. The van der Waals surface area contributed by atoms with Gasteiger partial charge >= 0.3 is 61.2 Å². The van der Waals surface area contributed by atoms with Crippen LogP contribution in [0.5, 0.6) is 0 Å². The Hall–Kier alpha value is 1.92. The zero-order valence-corrected chi connectivity index (χ0v) is 8.13. The number of rotatable bonds is 0. The van der Waals surface area contributed by atoms with Gasteiger partial charge in [-0.05, 0) is 0 Å². The first-order valence-corrected chi connectivity index (χ1v) is 0. The second-order valence-corrected chi connectivity index (χ2v) is 0. The molecule has 2 nitrogen and oxygen atoms in total. The quantitative estimate of drug-likeness (QED) is 0.522. The Morgan fingerprint density at radius 2 is 0.750 bits per heavy atom. The third-order valence-corrected chi connectivity index (χ3v) is 0. The van der Waals surface area contributed by atoms with Crippen molar-refractivity contribution in [3.05, 3.63) is 0 Å². The maximum absolute atomic E-state index is 0. The smallest absolute Gasteiger partial charge is 2.00 e. The van der Waals surface area contributed by atoms with Crippen molar-refractivity contribution < 1.29 is 72.2 Å². The van der Waals surface area contributed by atoms with E-state index in [1.807, 2.05) is 0 Å². The summed E-state index contributed by atoms with van der Waals surface area (Å²) in [7, 11) is 0. The van der Waals surface area contributed by atoms with Gasteiger partial charge in [-0.25, -0.2) is 0 Å². The molecule has 0 aromatic heterocycles. The Morgan fingerprint density at radius 1 is 0.750 bits per heavy atom. The maximum atomic E-state index is 0. The van der Waals surface area contributed by atoms with E-state index in [9.17, 15) is 0 Å². The molecule has 0 aliphatic heterocycles. The van der Waals surface area contributed by atoms with Gasteiger partial charge in [-0.3, -0.25) is 0 Å². The van der Waals surface area contributed by atoms with Crippen LogP contribution in [0.25, 0.3) is 0 Å². The summed E-state index contributed by atoms with van der Waals surface area (Å²) in [6.07, 6.45) is 0. The standard InChI is InChI=1S/Ce.2O.Zn/q+3;2*-2;+2. The fourth-order valence-corrected chi connectivity index (χ4v) is 0. The summed E-state index contributed by atoms with van der Waals surface area (Å²) in [5, 5.41) is 0. The van der Waals surface area contributed by atoms with Crippen molar-refractivity contribution in [2.45, 2.75) is 0 Å². The summed E-state index contributed by atoms with van der Waals surface area (Å²) in [6.45, 7) is 0. The Labute approximate surface area is 71.1 Å². The van der Waals surface area contributed by atoms with Crippen molar-refractivity contribution in [2.75, 3.05) is 0 Å². The van der Waals surface area contributed by atoms with Gasteiger partial charge in [0, 0.05) is 0 Å². The summed E-state index contributed by atoms with van der Waals surface area (Å²) in [6, 6.07) is 0. The van der Waals surface area contributed by atoms with E-state index in [4.69, 9.17) is 0 Å². The Kier molecular flexibility index (Phi) is 199. The van der Waals surface area contributed by atoms with Crippen LogP contribution in [0.3, 0.4) is 0 Å². The average molecular weight is 238 g/mol. The van der Waals surface area contributed by atoms with Crippen LogP contribution in [-0.4, -0.2) is 0 Å². The SMILES string of the molecule is [Ce+3].[O-2].[O-2].[Zn+2]. The summed E-state index contributed by atoms with van der Waals surface area (Å²) in [5.41, 5.74) is 0. The van der Waals surface area contributed by atoms with Crippen LogP contribution in [0, 0.1) is 41.7 Å². The van der Waals surface area contributed by atoms with Crippen LogP contribution < -0.4 is 0 Å². The normalized spacial score (nSPS) is 0. The van der Waals surface area contributed by atoms with E-state index in [2.05, 4.69) is 0 Å².